The molecule has 1 atom stereocenters. The van der Waals surface area contributed by atoms with Crippen molar-refractivity contribution in [3.05, 3.63) is 52.5 Å². The van der Waals surface area contributed by atoms with E-state index < -0.39 is 0 Å². The van der Waals surface area contributed by atoms with Crippen molar-refractivity contribution in [2.45, 2.75) is 18.9 Å². The monoisotopic (exact) mass is 337 g/mol. The zero-order valence-electron chi connectivity index (χ0n) is 12.2. The molecule has 22 heavy (non-hydrogen) atoms. The summed E-state index contributed by atoms with van der Waals surface area (Å²) in [6.07, 6.45) is 4.36. The summed E-state index contributed by atoms with van der Waals surface area (Å²) in [5.74, 6) is 0.793. The molecule has 1 amide bonds. The van der Waals surface area contributed by atoms with Gasteiger partial charge in [-0.3, -0.25) is 4.79 Å². The van der Waals surface area contributed by atoms with Gasteiger partial charge < -0.3 is 10.6 Å². The van der Waals surface area contributed by atoms with E-state index in [1.165, 1.54) is 12.8 Å². The van der Waals surface area contributed by atoms with Gasteiger partial charge in [0.2, 0.25) is 5.91 Å². The summed E-state index contributed by atoms with van der Waals surface area (Å²) in [6, 6.07) is 9.80. The molecule has 1 saturated carbocycles. The number of rotatable bonds is 7. The number of aromatic nitrogens is 1. The second kappa shape index (κ2) is 8.27. The van der Waals surface area contributed by atoms with E-state index in [0.717, 1.165) is 23.0 Å². The summed E-state index contributed by atoms with van der Waals surface area (Å²) in [5.41, 5.74) is 1.06. The smallest absolute Gasteiger partial charge is 0.234 e. The van der Waals surface area contributed by atoms with E-state index in [1.54, 1.807) is 17.5 Å². The maximum Gasteiger partial charge on any atom is 0.234 e. The minimum atomic E-state index is -0.165. The fourth-order valence-electron chi connectivity index (χ4n) is 2.23. The second-order valence-corrected chi connectivity index (χ2v) is 6.28. The van der Waals surface area contributed by atoms with Crippen molar-refractivity contribution in [3.8, 4) is 0 Å². The Morgan fingerprint density at radius 1 is 1.32 bits per heavy atom. The number of hydrogen-bond donors (Lipinski definition) is 2. The molecule has 1 aromatic heterocycles. The highest BCUT2D eigenvalue weighted by molar-refractivity contribution is 7.09. The Kier molecular flexibility index (Phi) is 6.36. The molecule has 1 aliphatic carbocycles. The van der Waals surface area contributed by atoms with Crippen molar-refractivity contribution >= 4 is 29.7 Å². The minimum absolute atomic E-state index is 0. The van der Waals surface area contributed by atoms with Crippen molar-refractivity contribution in [3.63, 3.8) is 0 Å². The molecule has 6 heteroatoms. The quantitative estimate of drug-likeness (QED) is 0.817. The third-order valence-corrected chi connectivity index (χ3v) is 4.39. The van der Waals surface area contributed by atoms with Crippen LogP contribution in [0.15, 0.2) is 41.9 Å². The van der Waals surface area contributed by atoms with Crippen molar-refractivity contribution in [2.24, 2.45) is 5.92 Å². The predicted octanol–water partition coefficient (Wildman–Crippen LogP) is 2.77. The first-order valence-electron chi connectivity index (χ1n) is 7.27. The zero-order valence-corrected chi connectivity index (χ0v) is 13.8. The SMILES string of the molecule is Cl.O=C(CNCC1CC1)NC(c1ccccc1)c1nccs1. The van der Waals surface area contributed by atoms with Crippen molar-refractivity contribution in [1.29, 1.82) is 0 Å². The summed E-state index contributed by atoms with van der Waals surface area (Å²) in [4.78, 5) is 16.5. The lowest BCUT2D eigenvalue weighted by atomic mass is 10.1. The number of nitrogens with one attached hydrogen (secondary N) is 2. The molecule has 2 N–H and O–H groups in total. The van der Waals surface area contributed by atoms with E-state index in [9.17, 15) is 4.79 Å². The Morgan fingerprint density at radius 2 is 2.09 bits per heavy atom. The van der Waals surface area contributed by atoms with Crippen LogP contribution in [0.4, 0.5) is 0 Å². The Balaban J connectivity index is 0.00000176. The predicted molar refractivity (Wildman–Crippen MR) is 91.4 cm³/mol. The van der Waals surface area contributed by atoms with E-state index in [-0.39, 0.29) is 24.4 Å². The number of hydrogen-bond acceptors (Lipinski definition) is 4. The Bertz CT molecular complexity index is 572. The van der Waals surface area contributed by atoms with Gasteiger partial charge in [-0.05, 0) is 30.9 Å². The molecule has 0 bridgehead atoms. The third kappa shape index (κ3) is 4.80. The molecule has 3 rings (SSSR count). The Labute approximate surface area is 140 Å². The van der Waals surface area contributed by atoms with Crippen molar-refractivity contribution in [2.75, 3.05) is 13.1 Å². The molecule has 1 aliphatic rings. The van der Waals surface area contributed by atoms with E-state index in [0.29, 0.717) is 6.54 Å². The molecule has 0 radical (unpaired) electrons. The Morgan fingerprint density at radius 3 is 2.73 bits per heavy atom. The van der Waals surface area contributed by atoms with Crippen LogP contribution >= 0.6 is 23.7 Å². The van der Waals surface area contributed by atoms with Crippen LogP contribution in [0.3, 0.4) is 0 Å². The number of amides is 1. The summed E-state index contributed by atoms with van der Waals surface area (Å²) >= 11 is 1.56. The first kappa shape index (κ1) is 16.9. The Hall–Kier alpha value is -1.43. The molecular weight excluding hydrogens is 318 g/mol. The average molecular weight is 338 g/mol. The van der Waals surface area contributed by atoms with Crippen LogP contribution in [-0.2, 0) is 4.79 Å². The standard InChI is InChI=1S/C16H19N3OS.ClH/c20-14(11-17-10-12-6-7-12)19-15(16-18-8-9-21-16)13-4-2-1-3-5-13;/h1-5,8-9,12,15,17H,6-7,10-11H2,(H,19,20);1H. The molecule has 4 nitrogen and oxygen atoms in total. The van der Waals surface area contributed by atoms with Gasteiger partial charge >= 0.3 is 0 Å². The van der Waals surface area contributed by atoms with Gasteiger partial charge in [0.15, 0.2) is 0 Å². The molecule has 118 valence electrons. The molecular formula is C16H20ClN3OS. The van der Waals surface area contributed by atoms with Crippen LogP contribution in [0, 0.1) is 5.92 Å². The number of benzene rings is 1. The van der Waals surface area contributed by atoms with Crippen LogP contribution in [0.1, 0.15) is 29.5 Å². The summed E-state index contributed by atoms with van der Waals surface area (Å²) in [5, 5.41) is 9.14. The van der Waals surface area contributed by atoms with Crippen LogP contribution in [0.5, 0.6) is 0 Å². The van der Waals surface area contributed by atoms with E-state index in [2.05, 4.69) is 15.6 Å². The maximum absolute atomic E-state index is 12.1. The lowest BCUT2D eigenvalue weighted by Crippen LogP contribution is -2.37. The van der Waals surface area contributed by atoms with Crippen molar-refractivity contribution in [1.82, 2.24) is 15.6 Å². The molecule has 1 fully saturated rings. The van der Waals surface area contributed by atoms with Gasteiger partial charge in [0.25, 0.3) is 0 Å². The van der Waals surface area contributed by atoms with Gasteiger partial charge in [0.1, 0.15) is 11.0 Å². The van der Waals surface area contributed by atoms with Crippen LogP contribution < -0.4 is 10.6 Å². The first-order chi connectivity index (χ1) is 10.3. The van der Waals surface area contributed by atoms with E-state index >= 15 is 0 Å². The molecule has 1 unspecified atom stereocenters. The number of nitrogens with zero attached hydrogens (tertiary/aromatic N) is 1. The highest BCUT2D eigenvalue weighted by Gasteiger charge is 2.22. The van der Waals surface area contributed by atoms with Gasteiger partial charge in [0, 0.05) is 11.6 Å². The van der Waals surface area contributed by atoms with Crippen LogP contribution in [-0.4, -0.2) is 24.0 Å². The molecule has 2 aromatic rings. The van der Waals surface area contributed by atoms with Gasteiger partial charge in [0.05, 0.1) is 6.54 Å². The number of carbonyl (C=O) groups is 1. The molecule has 0 spiro atoms. The van der Waals surface area contributed by atoms with Gasteiger partial charge in [-0.15, -0.1) is 23.7 Å². The van der Waals surface area contributed by atoms with Crippen molar-refractivity contribution < 1.29 is 4.79 Å². The summed E-state index contributed by atoms with van der Waals surface area (Å²) in [6.45, 7) is 1.31. The van der Waals surface area contributed by atoms with E-state index in [4.69, 9.17) is 0 Å². The van der Waals surface area contributed by atoms with E-state index in [1.807, 2.05) is 35.7 Å². The summed E-state index contributed by atoms with van der Waals surface area (Å²) < 4.78 is 0. The lowest BCUT2D eigenvalue weighted by Gasteiger charge is -2.17. The largest absolute Gasteiger partial charge is 0.342 e. The zero-order chi connectivity index (χ0) is 14.5. The molecule has 0 saturated heterocycles. The van der Waals surface area contributed by atoms with Gasteiger partial charge in [-0.2, -0.15) is 0 Å². The fraction of sp³-hybridized carbons (Fsp3) is 0.375. The highest BCUT2D eigenvalue weighted by Crippen LogP contribution is 2.27. The molecule has 1 heterocycles. The average Bonchev–Trinajstić information content (AvgIpc) is 3.17. The third-order valence-electron chi connectivity index (χ3n) is 3.55. The van der Waals surface area contributed by atoms with Crippen LogP contribution in [0.2, 0.25) is 0 Å². The number of thiazole rings is 1. The first-order valence-corrected chi connectivity index (χ1v) is 8.15. The summed E-state index contributed by atoms with van der Waals surface area (Å²) in [7, 11) is 0. The van der Waals surface area contributed by atoms with Crippen LogP contribution in [0.25, 0.3) is 0 Å². The fourth-order valence-corrected chi connectivity index (χ4v) is 2.95. The number of carbonyl (C=O) groups excluding carboxylic acids is 1. The maximum atomic E-state index is 12.1. The lowest BCUT2D eigenvalue weighted by molar-refractivity contribution is -0.120. The molecule has 0 aliphatic heterocycles. The topological polar surface area (TPSA) is 54.0 Å². The second-order valence-electron chi connectivity index (χ2n) is 5.36. The normalized spacial score (nSPS) is 14.9. The highest BCUT2D eigenvalue weighted by atomic mass is 35.5. The van der Waals surface area contributed by atoms with Gasteiger partial charge in [-0.25, -0.2) is 4.98 Å². The minimum Gasteiger partial charge on any atom is -0.342 e. The van der Waals surface area contributed by atoms with Gasteiger partial charge in [-0.1, -0.05) is 30.3 Å². The number of halogens is 1. The molecule has 1 aromatic carbocycles.